The average Bonchev–Trinajstić information content (AvgIpc) is 3.34. The summed E-state index contributed by atoms with van der Waals surface area (Å²) in [6.07, 6.45) is 5.41. The van der Waals surface area contributed by atoms with Gasteiger partial charge in [-0.05, 0) is 63.3 Å². The van der Waals surface area contributed by atoms with E-state index in [0.717, 1.165) is 50.9 Å². The number of carbonyl (C=O) groups excluding carboxylic acids is 2. The lowest BCUT2D eigenvalue weighted by atomic mass is 10.1. The van der Waals surface area contributed by atoms with Gasteiger partial charge < -0.3 is 10.1 Å². The van der Waals surface area contributed by atoms with Gasteiger partial charge in [0.1, 0.15) is 5.75 Å². The van der Waals surface area contributed by atoms with E-state index >= 15 is 0 Å². The van der Waals surface area contributed by atoms with E-state index in [2.05, 4.69) is 10.2 Å². The van der Waals surface area contributed by atoms with Crippen molar-refractivity contribution in [2.75, 3.05) is 19.7 Å². The maximum Gasteiger partial charge on any atom is 0.224 e. The molecule has 0 aromatic heterocycles. The van der Waals surface area contributed by atoms with Gasteiger partial charge in [0.2, 0.25) is 5.91 Å². The normalized spacial score (nSPS) is 20.8. The Morgan fingerprint density at radius 3 is 2.62 bits per heavy atom. The molecule has 0 bridgehead atoms. The Morgan fingerprint density at radius 2 is 1.96 bits per heavy atom. The van der Waals surface area contributed by atoms with Gasteiger partial charge >= 0.3 is 0 Å². The predicted octanol–water partition coefficient (Wildman–Crippen LogP) is 2.61. The Hall–Kier alpha value is -1.88. The maximum atomic E-state index is 11.9. The quantitative estimate of drug-likeness (QED) is 0.588. The maximum absolute atomic E-state index is 11.9. The fraction of sp³-hybridized carbons (Fsp3) is 0.579. The molecule has 1 aromatic carbocycles. The standard InChI is InChI=1S/C19H26N2O3/c1-14(22)15-7-9-17(10-8-15)24-13-3-12-21-11-2-4-18(21)20-19(23)16-5-6-16/h7-10,16,18H,2-6,11-13H2,1H3,(H,20,23). The molecule has 24 heavy (non-hydrogen) atoms. The number of nitrogens with zero attached hydrogens (tertiary/aromatic N) is 1. The van der Waals surface area contributed by atoms with Gasteiger partial charge in [0.15, 0.2) is 5.78 Å². The van der Waals surface area contributed by atoms with E-state index < -0.39 is 0 Å². The zero-order valence-corrected chi connectivity index (χ0v) is 14.3. The molecule has 5 heteroatoms. The van der Waals surface area contributed by atoms with E-state index in [1.54, 1.807) is 19.1 Å². The van der Waals surface area contributed by atoms with Crippen molar-refractivity contribution < 1.29 is 14.3 Å². The SMILES string of the molecule is CC(=O)c1ccc(OCCCN2CCCC2NC(=O)C2CC2)cc1. The number of carbonyl (C=O) groups is 2. The van der Waals surface area contributed by atoms with Crippen molar-refractivity contribution in [2.24, 2.45) is 5.92 Å². The number of ketones is 1. The highest BCUT2D eigenvalue weighted by molar-refractivity contribution is 5.94. The van der Waals surface area contributed by atoms with Crippen LogP contribution >= 0.6 is 0 Å². The van der Waals surface area contributed by atoms with Gasteiger partial charge in [-0.1, -0.05) is 0 Å². The summed E-state index contributed by atoms with van der Waals surface area (Å²) in [6, 6.07) is 7.26. The molecule has 1 N–H and O–H groups in total. The summed E-state index contributed by atoms with van der Waals surface area (Å²) in [6.45, 7) is 4.17. The van der Waals surface area contributed by atoms with Crippen LogP contribution in [0.1, 0.15) is 49.4 Å². The van der Waals surface area contributed by atoms with Crippen molar-refractivity contribution >= 4 is 11.7 Å². The summed E-state index contributed by atoms with van der Waals surface area (Å²) in [4.78, 5) is 25.5. The molecule has 1 atom stereocenters. The monoisotopic (exact) mass is 330 g/mol. The first kappa shape index (κ1) is 17.0. The minimum atomic E-state index is 0.0647. The van der Waals surface area contributed by atoms with Crippen molar-refractivity contribution in [3.8, 4) is 5.75 Å². The van der Waals surface area contributed by atoms with Crippen molar-refractivity contribution in [1.29, 1.82) is 0 Å². The van der Waals surface area contributed by atoms with Crippen LogP contribution in [0.4, 0.5) is 0 Å². The molecule has 2 fully saturated rings. The van der Waals surface area contributed by atoms with E-state index in [4.69, 9.17) is 4.74 Å². The van der Waals surface area contributed by atoms with Crippen LogP contribution in [0, 0.1) is 5.92 Å². The molecule has 3 rings (SSSR count). The van der Waals surface area contributed by atoms with Crippen LogP contribution in [0.15, 0.2) is 24.3 Å². The second kappa shape index (κ2) is 7.79. The zero-order chi connectivity index (χ0) is 16.9. The molecule has 0 spiro atoms. The number of likely N-dealkylation sites (tertiary alicyclic amines) is 1. The van der Waals surface area contributed by atoms with E-state index in [0.29, 0.717) is 12.2 Å². The second-order valence-electron chi connectivity index (χ2n) is 6.76. The third kappa shape index (κ3) is 4.57. The van der Waals surface area contributed by atoms with Gasteiger partial charge in [0.05, 0.1) is 12.8 Å². The number of ether oxygens (including phenoxy) is 1. The zero-order valence-electron chi connectivity index (χ0n) is 14.3. The van der Waals surface area contributed by atoms with Gasteiger partial charge in [0.25, 0.3) is 0 Å². The highest BCUT2D eigenvalue weighted by Crippen LogP contribution is 2.29. The summed E-state index contributed by atoms with van der Waals surface area (Å²) in [7, 11) is 0. The smallest absolute Gasteiger partial charge is 0.224 e. The fourth-order valence-corrected chi connectivity index (χ4v) is 3.13. The first-order valence-corrected chi connectivity index (χ1v) is 8.92. The minimum Gasteiger partial charge on any atom is -0.494 e. The van der Waals surface area contributed by atoms with E-state index in [1.165, 1.54) is 0 Å². The molecular formula is C19H26N2O3. The molecular weight excluding hydrogens is 304 g/mol. The lowest BCUT2D eigenvalue weighted by Gasteiger charge is -2.25. The first-order valence-electron chi connectivity index (χ1n) is 8.92. The third-order valence-corrected chi connectivity index (χ3v) is 4.74. The van der Waals surface area contributed by atoms with Gasteiger partial charge in [-0.25, -0.2) is 0 Å². The predicted molar refractivity (Wildman–Crippen MR) is 92.0 cm³/mol. The van der Waals surface area contributed by atoms with Crippen LogP contribution < -0.4 is 10.1 Å². The Bertz CT molecular complexity index is 581. The van der Waals surface area contributed by atoms with E-state index in [9.17, 15) is 9.59 Å². The topological polar surface area (TPSA) is 58.6 Å². The lowest BCUT2D eigenvalue weighted by molar-refractivity contribution is -0.124. The Morgan fingerprint density at radius 1 is 1.21 bits per heavy atom. The third-order valence-electron chi connectivity index (χ3n) is 4.74. The molecule has 1 aliphatic carbocycles. The highest BCUT2D eigenvalue weighted by atomic mass is 16.5. The summed E-state index contributed by atoms with van der Waals surface area (Å²) < 4.78 is 5.74. The molecule has 1 heterocycles. The van der Waals surface area contributed by atoms with Crippen LogP contribution in [-0.2, 0) is 4.79 Å². The fourth-order valence-electron chi connectivity index (χ4n) is 3.13. The second-order valence-corrected chi connectivity index (χ2v) is 6.76. The van der Waals surface area contributed by atoms with Crippen LogP contribution in [-0.4, -0.2) is 42.5 Å². The summed E-state index contributed by atoms with van der Waals surface area (Å²) in [5.74, 6) is 1.36. The molecule has 1 amide bonds. The van der Waals surface area contributed by atoms with Crippen LogP contribution in [0.25, 0.3) is 0 Å². The number of rotatable bonds is 8. The van der Waals surface area contributed by atoms with Crippen LogP contribution in [0.2, 0.25) is 0 Å². The van der Waals surface area contributed by atoms with Crippen LogP contribution in [0.5, 0.6) is 5.75 Å². The number of Topliss-reactive ketones (excluding diaryl/α,β-unsaturated/α-hetero) is 1. The number of benzene rings is 1. The molecule has 5 nitrogen and oxygen atoms in total. The first-order chi connectivity index (χ1) is 11.6. The summed E-state index contributed by atoms with van der Waals surface area (Å²) in [5, 5.41) is 3.18. The molecule has 1 saturated carbocycles. The van der Waals surface area contributed by atoms with Crippen molar-refractivity contribution in [1.82, 2.24) is 10.2 Å². The highest BCUT2D eigenvalue weighted by Gasteiger charge is 2.33. The van der Waals surface area contributed by atoms with Gasteiger partial charge in [-0.2, -0.15) is 0 Å². The van der Waals surface area contributed by atoms with Crippen molar-refractivity contribution in [3.63, 3.8) is 0 Å². The van der Waals surface area contributed by atoms with Crippen LogP contribution in [0.3, 0.4) is 0 Å². The number of hydrogen-bond acceptors (Lipinski definition) is 4. The largest absolute Gasteiger partial charge is 0.494 e. The number of amides is 1. The van der Waals surface area contributed by atoms with Crippen molar-refractivity contribution in [3.05, 3.63) is 29.8 Å². The van der Waals surface area contributed by atoms with Gasteiger partial charge in [-0.15, -0.1) is 0 Å². The van der Waals surface area contributed by atoms with Gasteiger partial charge in [-0.3, -0.25) is 14.5 Å². The summed E-state index contributed by atoms with van der Waals surface area (Å²) in [5.41, 5.74) is 0.702. The Balaban J connectivity index is 1.37. The molecule has 130 valence electrons. The summed E-state index contributed by atoms with van der Waals surface area (Å²) >= 11 is 0. The molecule has 0 radical (unpaired) electrons. The molecule has 1 aromatic rings. The molecule has 1 unspecified atom stereocenters. The number of hydrogen-bond donors (Lipinski definition) is 1. The lowest BCUT2D eigenvalue weighted by Crippen LogP contribution is -2.45. The minimum absolute atomic E-state index is 0.0647. The average molecular weight is 330 g/mol. The Kier molecular flexibility index (Phi) is 5.51. The molecule has 1 saturated heterocycles. The van der Waals surface area contributed by atoms with Gasteiger partial charge in [0, 0.05) is 24.6 Å². The van der Waals surface area contributed by atoms with E-state index in [1.807, 2.05) is 12.1 Å². The Labute approximate surface area is 143 Å². The molecule has 2 aliphatic rings. The van der Waals surface area contributed by atoms with Crippen molar-refractivity contribution in [2.45, 2.75) is 45.2 Å². The molecule has 1 aliphatic heterocycles. The van der Waals surface area contributed by atoms with E-state index in [-0.39, 0.29) is 23.8 Å². The number of nitrogens with one attached hydrogen (secondary N) is 1.